The Morgan fingerprint density at radius 3 is 2.50 bits per heavy atom. The van der Waals surface area contributed by atoms with Crippen LogP contribution in [0.5, 0.6) is 5.75 Å². The number of H-pyrrole nitrogens is 1. The van der Waals surface area contributed by atoms with Crippen molar-refractivity contribution >= 4 is 28.3 Å². The number of aromatic amines is 1. The maximum absolute atomic E-state index is 13.3. The molecule has 2 aliphatic rings. The maximum Gasteiger partial charge on any atom is 0.425 e. The molecule has 2 aromatic carbocycles. The van der Waals surface area contributed by atoms with Gasteiger partial charge in [-0.1, -0.05) is 18.9 Å². The molecule has 1 aliphatic heterocycles. The van der Waals surface area contributed by atoms with Crippen molar-refractivity contribution in [3.63, 3.8) is 0 Å². The van der Waals surface area contributed by atoms with Gasteiger partial charge in [-0.2, -0.15) is 18.3 Å². The number of nitrogens with two attached hydrogens (primary N) is 1. The predicted molar refractivity (Wildman–Crippen MR) is 142 cm³/mol. The normalized spacial score (nSPS) is 18.2. The van der Waals surface area contributed by atoms with Gasteiger partial charge in [0.05, 0.1) is 22.2 Å². The maximum atomic E-state index is 13.3. The number of alkyl halides is 3. The Labute approximate surface area is 219 Å². The Balaban J connectivity index is 1.50. The molecule has 3 aromatic rings. The first-order valence-electron chi connectivity index (χ1n) is 13.0. The molecule has 0 bridgehead atoms. The van der Waals surface area contributed by atoms with Gasteiger partial charge >= 0.3 is 6.18 Å². The second kappa shape index (κ2) is 10.4. The van der Waals surface area contributed by atoms with Crippen LogP contribution in [0.1, 0.15) is 43.0 Å². The number of hydrogen-bond acceptors (Lipinski definition) is 6. The molecule has 0 unspecified atom stereocenters. The molecule has 1 atom stereocenters. The van der Waals surface area contributed by atoms with Crippen LogP contribution in [0.15, 0.2) is 30.3 Å². The lowest BCUT2D eigenvalue weighted by Gasteiger charge is -2.39. The average molecular weight is 531 g/mol. The van der Waals surface area contributed by atoms with Crippen LogP contribution in [0, 0.1) is 0 Å². The fourth-order valence-corrected chi connectivity index (χ4v) is 5.56. The quantitative estimate of drug-likeness (QED) is 0.432. The van der Waals surface area contributed by atoms with E-state index in [0.29, 0.717) is 28.1 Å². The van der Waals surface area contributed by atoms with E-state index in [1.807, 2.05) is 6.07 Å². The number of ether oxygens (including phenoxy) is 1. The first-order chi connectivity index (χ1) is 18.2. The van der Waals surface area contributed by atoms with Crippen LogP contribution in [0.4, 0.5) is 24.7 Å². The summed E-state index contributed by atoms with van der Waals surface area (Å²) in [5, 5.41) is 9.76. The Kier molecular flexibility index (Phi) is 7.13. The van der Waals surface area contributed by atoms with E-state index in [1.165, 1.54) is 25.7 Å². The summed E-state index contributed by atoms with van der Waals surface area (Å²) in [4.78, 5) is 17.5. The summed E-state index contributed by atoms with van der Waals surface area (Å²) in [7, 11) is 1.60. The molecule has 4 N–H and O–H groups in total. The summed E-state index contributed by atoms with van der Waals surface area (Å²) in [6.45, 7) is 4.38. The Morgan fingerprint density at radius 1 is 1.13 bits per heavy atom. The Bertz CT molecular complexity index is 1310. The van der Waals surface area contributed by atoms with Gasteiger partial charge < -0.3 is 20.7 Å². The molecule has 1 aromatic heterocycles. The standard InChI is InChI=1S/C27H33F3N6O2/c1-16(27(28,29)30)38-23-15-18(13-21-24(23)25(31)34-33-21)17-7-8-20(26(37)32-2)22(14-17)36-11-9-35(10-12-36)19-5-3-4-6-19/h7-8,13-16,19H,3-6,9-12H2,1-2H3,(H,32,37)(H3,31,33,34)/t16-/m1/s1. The molecule has 0 radical (unpaired) electrons. The van der Waals surface area contributed by atoms with Crippen LogP contribution in [0.25, 0.3) is 22.0 Å². The highest BCUT2D eigenvalue weighted by Crippen LogP contribution is 2.38. The third-order valence-electron chi connectivity index (χ3n) is 7.72. The molecule has 1 amide bonds. The summed E-state index contributed by atoms with van der Waals surface area (Å²) < 4.78 is 45.2. The number of hydrogen-bond donors (Lipinski definition) is 3. The number of halogens is 3. The average Bonchev–Trinajstić information content (AvgIpc) is 3.58. The second-order valence-corrected chi connectivity index (χ2v) is 10.1. The van der Waals surface area contributed by atoms with Crippen LogP contribution < -0.4 is 20.7 Å². The predicted octanol–water partition coefficient (Wildman–Crippen LogP) is 4.57. The summed E-state index contributed by atoms with van der Waals surface area (Å²) >= 11 is 0. The topological polar surface area (TPSA) is 99.5 Å². The number of nitrogen functional groups attached to an aromatic ring is 1. The largest absolute Gasteiger partial charge is 0.480 e. The van der Waals surface area contributed by atoms with E-state index in [2.05, 4.69) is 25.3 Å². The van der Waals surface area contributed by atoms with E-state index in [-0.39, 0.29) is 17.5 Å². The van der Waals surface area contributed by atoms with E-state index in [1.54, 1.807) is 31.3 Å². The lowest BCUT2D eigenvalue weighted by molar-refractivity contribution is -0.188. The highest BCUT2D eigenvalue weighted by Gasteiger charge is 2.38. The fourth-order valence-electron chi connectivity index (χ4n) is 5.56. The fraction of sp³-hybridized carbons (Fsp3) is 0.481. The van der Waals surface area contributed by atoms with Crippen LogP contribution >= 0.6 is 0 Å². The number of fused-ring (bicyclic) bond motifs is 1. The van der Waals surface area contributed by atoms with Gasteiger partial charge in [0.25, 0.3) is 5.91 Å². The van der Waals surface area contributed by atoms with Crippen LogP contribution in [0.2, 0.25) is 0 Å². The molecule has 2 fully saturated rings. The molecule has 11 heteroatoms. The minimum atomic E-state index is -4.54. The van der Waals surface area contributed by atoms with Crippen molar-refractivity contribution in [3.05, 3.63) is 35.9 Å². The zero-order valence-corrected chi connectivity index (χ0v) is 21.6. The lowest BCUT2D eigenvalue weighted by Crippen LogP contribution is -2.50. The molecule has 8 nitrogen and oxygen atoms in total. The molecular weight excluding hydrogens is 497 g/mol. The van der Waals surface area contributed by atoms with Crippen molar-refractivity contribution < 1.29 is 22.7 Å². The highest BCUT2D eigenvalue weighted by atomic mass is 19.4. The van der Waals surface area contributed by atoms with Gasteiger partial charge in [-0.15, -0.1) is 0 Å². The smallest absolute Gasteiger partial charge is 0.425 e. The molecule has 0 spiro atoms. The van der Waals surface area contributed by atoms with E-state index in [0.717, 1.165) is 44.4 Å². The third-order valence-corrected chi connectivity index (χ3v) is 7.72. The monoisotopic (exact) mass is 530 g/mol. The van der Waals surface area contributed by atoms with Crippen molar-refractivity contribution in [2.75, 3.05) is 43.9 Å². The first-order valence-corrected chi connectivity index (χ1v) is 13.0. The van der Waals surface area contributed by atoms with Crippen molar-refractivity contribution in [2.45, 2.75) is 50.9 Å². The second-order valence-electron chi connectivity index (χ2n) is 10.1. The van der Waals surface area contributed by atoms with E-state index >= 15 is 0 Å². The molecule has 1 saturated heterocycles. The van der Waals surface area contributed by atoms with Crippen molar-refractivity contribution in [1.82, 2.24) is 20.4 Å². The van der Waals surface area contributed by atoms with Gasteiger partial charge in [0.15, 0.2) is 11.9 Å². The van der Waals surface area contributed by atoms with Gasteiger partial charge in [0.2, 0.25) is 0 Å². The van der Waals surface area contributed by atoms with Gasteiger partial charge in [-0.3, -0.25) is 14.8 Å². The summed E-state index contributed by atoms with van der Waals surface area (Å²) in [6.07, 6.45) is -1.50. The number of aromatic nitrogens is 2. The van der Waals surface area contributed by atoms with E-state index in [4.69, 9.17) is 10.5 Å². The van der Waals surface area contributed by atoms with Gasteiger partial charge in [-0.05, 0) is 55.2 Å². The minimum Gasteiger partial charge on any atom is -0.480 e. The summed E-state index contributed by atoms with van der Waals surface area (Å²) in [6, 6.07) is 9.45. The van der Waals surface area contributed by atoms with Crippen molar-refractivity contribution in [3.8, 4) is 16.9 Å². The first kappa shape index (κ1) is 26.1. The van der Waals surface area contributed by atoms with Crippen LogP contribution in [0.3, 0.4) is 0 Å². The van der Waals surface area contributed by atoms with Crippen molar-refractivity contribution in [2.24, 2.45) is 0 Å². The zero-order chi connectivity index (χ0) is 27.0. The molecule has 1 aliphatic carbocycles. The van der Waals surface area contributed by atoms with Gasteiger partial charge in [-0.25, -0.2) is 0 Å². The Hall–Kier alpha value is -3.47. The minimum absolute atomic E-state index is 0.00400. The van der Waals surface area contributed by atoms with E-state index < -0.39 is 12.3 Å². The third kappa shape index (κ3) is 5.11. The number of benzene rings is 2. The highest BCUT2D eigenvalue weighted by molar-refractivity contribution is 6.01. The zero-order valence-electron chi connectivity index (χ0n) is 21.6. The number of amides is 1. The van der Waals surface area contributed by atoms with Crippen LogP contribution in [-0.2, 0) is 0 Å². The molecule has 5 rings (SSSR count). The Morgan fingerprint density at radius 2 is 1.84 bits per heavy atom. The number of carbonyl (C=O) groups excluding carboxylic acids is 1. The van der Waals surface area contributed by atoms with E-state index in [9.17, 15) is 18.0 Å². The SMILES string of the molecule is CNC(=O)c1ccc(-c2cc(O[C@H](C)C(F)(F)F)c3c(N)n[nH]c3c2)cc1N1CCN(C2CCCC2)CC1. The molecular formula is C27H33F3N6O2. The summed E-state index contributed by atoms with van der Waals surface area (Å²) in [5.41, 5.74) is 9.12. The van der Waals surface area contributed by atoms with Crippen molar-refractivity contribution in [1.29, 1.82) is 0 Å². The lowest BCUT2D eigenvalue weighted by atomic mass is 9.99. The number of nitrogens with zero attached hydrogens (tertiary/aromatic N) is 3. The van der Waals surface area contributed by atoms with Gasteiger partial charge in [0, 0.05) is 39.3 Å². The molecule has 2 heterocycles. The molecule has 204 valence electrons. The molecule has 38 heavy (non-hydrogen) atoms. The number of anilines is 2. The number of carbonyl (C=O) groups is 1. The summed E-state index contributed by atoms with van der Waals surface area (Å²) in [5.74, 6) is -0.132. The number of rotatable bonds is 6. The van der Waals surface area contributed by atoms with Gasteiger partial charge in [0.1, 0.15) is 5.75 Å². The number of piperazine rings is 1. The molecule has 1 saturated carbocycles. The van der Waals surface area contributed by atoms with Crippen LogP contribution in [-0.4, -0.2) is 72.6 Å². The number of nitrogens with one attached hydrogen (secondary N) is 2.